The molecule has 0 aromatic heterocycles. The minimum atomic E-state index is -0.625. The lowest BCUT2D eigenvalue weighted by Crippen LogP contribution is -2.49. The summed E-state index contributed by atoms with van der Waals surface area (Å²) in [6.45, 7) is 8.84. The van der Waals surface area contributed by atoms with E-state index in [-0.39, 0.29) is 18.0 Å². The first-order valence-electron chi connectivity index (χ1n) is 6.94. The van der Waals surface area contributed by atoms with Crippen molar-refractivity contribution in [2.45, 2.75) is 64.5 Å². The van der Waals surface area contributed by atoms with E-state index in [0.29, 0.717) is 12.5 Å². The highest BCUT2D eigenvalue weighted by Crippen LogP contribution is 2.31. The molecule has 2 atom stereocenters. The van der Waals surface area contributed by atoms with Crippen molar-refractivity contribution < 1.29 is 9.90 Å². The minimum absolute atomic E-state index is 0.0186. The van der Waals surface area contributed by atoms with Gasteiger partial charge in [0, 0.05) is 12.1 Å². The van der Waals surface area contributed by atoms with Crippen molar-refractivity contribution in [3.63, 3.8) is 0 Å². The highest BCUT2D eigenvalue weighted by Gasteiger charge is 2.32. The number of aliphatic hydroxyl groups is 1. The highest BCUT2D eigenvalue weighted by molar-refractivity contribution is 5.78. The molecule has 4 heteroatoms. The predicted octanol–water partition coefficient (Wildman–Crippen LogP) is 1.43. The summed E-state index contributed by atoms with van der Waals surface area (Å²) in [6.07, 6.45) is 3.95. The van der Waals surface area contributed by atoms with E-state index >= 15 is 0 Å². The number of carbonyl (C=O) groups is 1. The fourth-order valence-corrected chi connectivity index (χ4v) is 2.66. The van der Waals surface area contributed by atoms with E-state index in [1.807, 2.05) is 20.8 Å². The summed E-state index contributed by atoms with van der Waals surface area (Å²) < 4.78 is 0. The molecule has 0 aliphatic heterocycles. The molecular formula is C14H28N2O2. The van der Waals surface area contributed by atoms with Crippen LogP contribution in [0.15, 0.2) is 0 Å². The minimum Gasteiger partial charge on any atom is -0.389 e. The van der Waals surface area contributed by atoms with E-state index in [1.165, 1.54) is 6.42 Å². The van der Waals surface area contributed by atoms with Gasteiger partial charge in [-0.25, -0.2) is 0 Å². The van der Waals surface area contributed by atoms with Crippen molar-refractivity contribution in [2.24, 2.45) is 5.92 Å². The zero-order valence-corrected chi connectivity index (χ0v) is 12.2. The molecular weight excluding hydrogens is 228 g/mol. The average molecular weight is 256 g/mol. The maximum absolute atomic E-state index is 11.6. The van der Waals surface area contributed by atoms with Gasteiger partial charge in [0.15, 0.2) is 0 Å². The summed E-state index contributed by atoms with van der Waals surface area (Å²) in [5.41, 5.74) is -0.825. The van der Waals surface area contributed by atoms with Crippen LogP contribution in [0.5, 0.6) is 0 Å². The van der Waals surface area contributed by atoms with Crippen LogP contribution in [0, 0.1) is 5.92 Å². The van der Waals surface area contributed by atoms with Crippen LogP contribution in [-0.2, 0) is 4.79 Å². The Hall–Kier alpha value is -0.610. The summed E-state index contributed by atoms with van der Waals surface area (Å²) in [5, 5.41) is 16.4. The molecule has 4 nitrogen and oxygen atoms in total. The molecule has 0 heterocycles. The number of amides is 1. The maximum Gasteiger partial charge on any atom is 0.234 e. The van der Waals surface area contributed by atoms with Crippen molar-refractivity contribution in [3.8, 4) is 0 Å². The van der Waals surface area contributed by atoms with Gasteiger partial charge in [0.1, 0.15) is 0 Å². The third-order valence-corrected chi connectivity index (χ3v) is 3.32. The Balaban J connectivity index is 2.26. The molecule has 0 aromatic carbocycles. The molecule has 3 N–H and O–H groups in total. The fraction of sp³-hybridized carbons (Fsp3) is 0.929. The van der Waals surface area contributed by atoms with Crippen molar-refractivity contribution in [3.05, 3.63) is 0 Å². The van der Waals surface area contributed by atoms with Crippen LogP contribution in [0.3, 0.4) is 0 Å². The topological polar surface area (TPSA) is 61.4 Å². The van der Waals surface area contributed by atoms with Crippen LogP contribution >= 0.6 is 0 Å². The predicted molar refractivity (Wildman–Crippen MR) is 73.3 cm³/mol. The van der Waals surface area contributed by atoms with Gasteiger partial charge in [0.2, 0.25) is 5.91 Å². The zero-order chi connectivity index (χ0) is 13.8. The van der Waals surface area contributed by atoms with Gasteiger partial charge in [-0.3, -0.25) is 4.79 Å². The number of carbonyl (C=O) groups excluding carboxylic acids is 1. The maximum atomic E-state index is 11.6. The Morgan fingerprint density at radius 2 is 2.11 bits per heavy atom. The number of hydrogen-bond donors (Lipinski definition) is 3. The molecule has 0 aromatic rings. The smallest absolute Gasteiger partial charge is 0.234 e. The van der Waals surface area contributed by atoms with E-state index in [1.54, 1.807) is 0 Å². The van der Waals surface area contributed by atoms with E-state index in [2.05, 4.69) is 17.6 Å². The fourth-order valence-electron chi connectivity index (χ4n) is 2.66. The number of nitrogens with one attached hydrogen (secondary N) is 2. The van der Waals surface area contributed by atoms with Crippen LogP contribution < -0.4 is 10.6 Å². The van der Waals surface area contributed by atoms with Gasteiger partial charge >= 0.3 is 0 Å². The van der Waals surface area contributed by atoms with Crippen LogP contribution in [0.25, 0.3) is 0 Å². The molecule has 106 valence electrons. The van der Waals surface area contributed by atoms with Crippen molar-refractivity contribution in [2.75, 3.05) is 13.1 Å². The van der Waals surface area contributed by atoms with Gasteiger partial charge < -0.3 is 15.7 Å². The van der Waals surface area contributed by atoms with Crippen LogP contribution in [0.2, 0.25) is 0 Å². The molecule has 1 aliphatic rings. The second-order valence-electron chi connectivity index (χ2n) is 6.83. The standard InChI is InChI=1S/C14H28N2O2/c1-11-6-5-7-14(18,8-11)10-15-9-12(17)16-13(2,3)4/h11,15,18H,5-10H2,1-4H3,(H,16,17). The summed E-state index contributed by atoms with van der Waals surface area (Å²) in [5.74, 6) is 0.559. The lowest BCUT2D eigenvalue weighted by molar-refractivity contribution is -0.121. The van der Waals surface area contributed by atoms with Gasteiger partial charge in [-0.05, 0) is 39.5 Å². The molecule has 1 fully saturated rings. The molecule has 1 aliphatic carbocycles. The van der Waals surface area contributed by atoms with Crippen LogP contribution in [0.1, 0.15) is 53.4 Å². The summed E-state index contributed by atoms with van der Waals surface area (Å²) in [6, 6.07) is 0. The second-order valence-corrected chi connectivity index (χ2v) is 6.83. The normalized spacial score (nSPS) is 29.1. The van der Waals surface area contributed by atoms with Crippen molar-refractivity contribution in [1.82, 2.24) is 10.6 Å². The van der Waals surface area contributed by atoms with Gasteiger partial charge in [-0.2, -0.15) is 0 Å². The molecule has 1 saturated carbocycles. The molecule has 2 unspecified atom stereocenters. The van der Waals surface area contributed by atoms with Crippen LogP contribution in [0.4, 0.5) is 0 Å². The first-order chi connectivity index (χ1) is 8.20. The monoisotopic (exact) mass is 256 g/mol. The Labute approximate surface area is 111 Å². The van der Waals surface area contributed by atoms with Gasteiger partial charge in [0.05, 0.1) is 12.1 Å². The van der Waals surface area contributed by atoms with E-state index in [9.17, 15) is 9.90 Å². The Bertz CT molecular complexity index is 286. The molecule has 0 bridgehead atoms. The lowest BCUT2D eigenvalue weighted by Gasteiger charge is -2.35. The van der Waals surface area contributed by atoms with Crippen molar-refractivity contribution in [1.29, 1.82) is 0 Å². The largest absolute Gasteiger partial charge is 0.389 e. The molecule has 1 rings (SSSR count). The number of hydrogen-bond acceptors (Lipinski definition) is 3. The summed E-state index contributed by atoms with van der Waals surface area (Å²) in [7, 11) is 0. The zero-order valence-electron chi connectivity index (χ0n) is 12.2. The third-order valence-electron chi connectivity index (χ3n) is 3.32. The van der Waals surface area contributed by atoms with Gasteiger partial charge in [0.25, 0.3) is 0 Å². The second kappa shape index (κ2) is 6.02. The van der Waals surface area contributed by atoms with Gasteiger partial charge in [-0.1, -0.05) is 19.8 Å². The Morgan fingerprint density at radius 1 is 1.44 bits per heavy atom. The molecule has 1 amide bonds. The van der Waals surface area contributed by atoms with Crippen LogP contribution in [-0.4, -0.2) is 35.2 Å². The quantitative estimate of drug-likeness (QED) is 0.713. The summed E-state index contributed by atoms with van der Waals surface area (Å²) >= 11 is 0. The van der Waals surface area contributed by atoms with Crippen molar-refractivity contribution >= 4 is 5.91 Å². The molecule has 0 radical (unpaired) electrons. The molecule has 0 saturated heterocycles. The first-order valence-corrected chi connectivity index (χ1v) is 6.94. The Morgan fingerprint density at radius 3 is 2.67 bits per heavy atom. The molecule has 0 spiro atoms. The highest BCUT2D eigenvalue weighted by atomic mass is 16.3. The van der Waals surface area contributed by atoms with E-state index in [0.717, 1.165) is 19.3 Å². The van der Waals surface area contributed by atoms with E-state index < -0.39 is 5.60 Å². The lowest BCUT2D eigenvalue weighted by atomic mass is 9.79. The van der Waals surface area contributed by atoms with E-state index in [4.69, 9.17) is 0 Å². The molecule has 18 heavy (non-hydrogen) atoms. The first kappa shape index (κ1) is 15.4. The van der Waals surface area contributed by atoms with Gasteiger partial charge in [-0.15, -0.1) is 0 Å². The average Bonchev–Trinajstić information content (AvgIpc) is 2.13. The Kier molecular flexibility index (Phi) is 5.17. The number of rotatable bonds is 4. The third kappa shape index (κ3) is 5.83. The summed E-state index contributed by atoms with van der Waals surface area (Å²) in [4.78, 5) is 11.6. The SMILES string of the molecule is CC1CCCC(O)(CNCC(=O)NC(C)(C)C)C1.